The summed E-state index contributed by atoms with van der Waals surface area (Å²) in [5.41, 5.74) is 7.70. The van der Waals surface area contributed by atoms with Crippen LogP contribution in [-0.2, 0) is 9.59 Å². The van der Waals surface area contributed by atoms with Gasteiger partial charge < -0.3 is 16.4 Å². The van der Waals surface area contributed by atoms with Gasteiger partial charge >= 0.3 is 0 Å². The largest absolute Gasteiger partial charge is 0.347 e. The van der Waals surface area contributed by atoms with Crippen molar-refractivity contribution in [2.75, 3.05) is 18.4 Å². The Kier molecular flexibility index (Phi) is 5.58. The molecule has 0 atom stereocenters. The standard InChI is InChI=1S/C14H17N3O2/c1-10-5-6-12(4-3-7-15)8-13(10)17-14(19)9-16-11(2)18/h5-6,8H,7,9,15H2,1-2H3,(H,16,18)(H,17,19). The summed E-state index contributed by atoms with van der Waals surface area (Å²) in [6, 6.07) is 5.51. The number of benzene rings is 1. The Balaban J connectivity index is 2.76. The Hall–Kier alpha value is -2.32. The van der Waals surface area contributed by atoms with Crippen molar-refractivity contribution in [2.24, 2.45) is 5.73 Å². The third-order valence-electron chi connectivity index (χ3n) is 2.34. The minimum Gasteiger partial charge on any atom is -0.347 e. The zero-order valence-corrected chi connectivity index (χ0v) is 11.0. The maximum Gasteiger partial charge on any atom is 0.243 e. The summed E-state index contributed by atoms with van der Waals surface area (Å²) in [5, 5.41) is 5.17. The molecule has 0 aliphatic rings. The number of hydrogen-bond donors (Lipinski definition) is 3. The molecule has 0 aliphatic heterocycles. The van der Waals surface area contributed by atoms with Crippen LogP contribution < -0.4 is 16.4 Å². The molecule has 100 valence electrons. The summed E-state index contributed by atoms with van der Waals surface area (Å²) in [6.07, 6.45) is 0. The van der Waals surface area contributed by atoms with E-state index in [9.17, 15) is 9.59 Å². The van der Waals surface area contributed by atoms with Crippen molar-refractivity contribution in [2.45, 2.75) is 13.8 Å². The Morgan fingerprint density at radius 1 is 1.37 bits per heavy atom. The fourth-order valence-corrected chi connectivity index (χ4v) is 1.39. The molecule has 1 aromatic rings. The fourth-order valence-electron chi connectivity index (χ4n) is 1.39. The van der Waals surface area contributed by atoms with Crippen LogP contribution in [0.15, 0.2) is 18.2 Å². The van der Waals surface area contributed by atoms with Crippen molar-refractivity contribution in [3.05, 3.63) is 29.3 Å². The average Bonchev–Trinajstić information content (AvgIpc) is 2.37. The van der Waals surface area contributed by atoms with Crippen molar-refractivity contribution < 1.29 is 9.59 Å². The van der Waals surface area contributed by atoms with Gasteiger partial charge in [-0.15, -0.1) is 0 Å². The molecule has 0 saturated heterocycles. The topological polar surface area (TPSA) is 84.2 Å². The molecule has 0 saturated carbocycles. The predicted molar refractivity (Wildman–Crippen MR) is 74.4 cm³/mol. The number of aryl methyl sites for hydroxylation is 1. The maximum atomic E-state index is 11.6. The van der Waals surface area contributed by atoms with Gasteiger partial charge in [-0.05, 0) is 24.6 Å². The lowest BCUT2D eigenvalue weighted by Gasteiger charge is -2.09. The Morgan fingerprint density at radius 2 is 2.11 bits per heavy atom. The van der Waals surface area contributed by atoms with E-state index in [0.29, 0.717) is 5.69 Å². The van der Waals surface area contributed by atoms with Crippen LogP contribution in [0, 0.1) is 18.8 Å². The minimum atomic E-state index is -0.276. The van der Waals surface area contributed by atoms with Gasteiger partial charge in [0.1, 0.15) is 0 Å². The summed E-state index contributed by atoms with van der Waals surface area (Å²) in [6.45, 7) is 3.49. The predicted octanol–water partition coefficient (Wildman–Crippen LogP) is 0.380. The quantitative estimate of drug-likeness (QED) is 0.686. The van der Waals surface area contributed by atoms with Gasteiger partial charge in [-0.3, -0.25) is 9.59 Å². The van der Waals surface area contributed by atoms with E-state index in [0.717, 1.165) is 11.1 Å². The Labute approximate surface area is 112 Å². The third kappa shape index (κ3) is 5.23. The first kappa shape index (κ1) is 14.7. The number of nitrogens with two attached hydrogens (primary N) is 1. The first-order valence-electron chi connectivity index (χ1n) is 5.87. The van der Waals surface area contributed by atoms with Crippen LogP contribution in [0.4, 0.5) is 5.69 Å². The van der Waals surface area contributed by atoms with E-state index in [-0.39, 0.29) is 24.9 Å². The maximum absolute atomic E-state index is 11.6. The first-order chi connectivity index (χ1) is 9.02. The van der Waals surface area contributed by atoms with Gasteiger partial charge in [0.15, 0.2) is 0 Å². The van der Waals surface area contributed by atoms with E-state index in [4.69, 9.17) is 5.73 Å². The van der Waals surface area contributed by atoms with E-state index >= 15 is 0 Å². The van der Waals surface area contributed by atoms with E-state index in [1.807, 2.05) is 19.1 Å². The van der Waals surface area contributed by atoms with Crippen molar-refractivity contribution >= 4 is 17.5 Å². The molecule has 0 fully saturated rings. The van der Waals surface area contributed by atoms with Crippen molar-refractivity contribution in [1.82, 2.24) is 5.32 Å². The number of rotatable bonds is 3. The van der Waals surface area contributed by atoms with E-state index in [2.05, 4.69) is 22.5 Å². The van der Waals surface area contributed by atoms with Crippen molar-refractivity contribution in [1.29, 1.82) is 0 Å². The molecule has 0 unspecified atom stereocenters. The molecule has 5 heteroatoms. The normalized spacial score (nSPS) is 9.21. The van der Waals surface area contributed by atoms with E-state index < -0.39 is 0 Å². The van der Waals surface area contributed by atoms with Crippen LogP contribution in [0.2, 0.25) is 0 Å². The molecule has 0 spiro atoms. The highest BCUT2D eigenvalue weighted by molar-refractivity contribution is 5.95. The number of nitrogens with one attached hydrogen (secondary N) is 2. The molecule has 0 bridgehead atoms. The molecule has 4 N–H and O–H groups in total. The highest BCUT2D eigenvalue weighted by Gasteiger charge is 2.05. The molecule has 0 radical (unpaired) electrons. The molecule has 0 aliphatic carbocycles. The number of anilines is 1. The smallest absolute Gasteiger partial charge is 0.243 e. The van der Waals surface area contributed by atoms with Crippen LogP contribution in [0.5, 0.6) is 0 Å². The van der Waals surface area contributed by atoms with E-state index in [1.165, 1.54) is 6.92 Å². The number of amides is 2. The van der Waals surface area contributed by atoms with Gasteiger partial charge in [-0.2, -0.15) is 0 Å². The van der Waals surface area contributed by atoms with E-state index in [1.54, 1.807) is 6.07 Å². The average molecular weight is 259 g/mol. The molecule has 5 nitrogen and oxygen atoms in total. The fraction of sp³-hybridized carbons (Fsp3) is 0.286. The second-order valence-corrected chi connectivity index (χ2v) is 3.99. The molecule has 0 aromatic heterocycles. The van der Waals surface area contributed by atoms with Crippen LogP contribution in [0.1, 0.15) is 18.1 Å². The highest BCUT2D eigenvalue weighted by atomic mass is 16.2. The molecule has 1 rings (SSSR count). The SMILES string of the molecule is CC(=O)NCC(=O)Nc1cc(C#CCN)ccc1C. The lowest BCUT2D eigenvalue weighted by molar-refractivity contribution is -0.122. The molecule has 2 amide bonds. The molecular weight excluding hydrogens is 242 g/mol. The zero-order valence-electron chi connectivity index (χ0n) is 11.0. The second kappa shape index (κ2) is 7.19. The van der Waals surface area contributed by atoms with Gasteiger partial charge in [-0.25, -0.2) is 0 Å². The monoisotopic (exact) mass is 259 g/mol. The van der Waals surface area contributed by atoms with Crippen LogP contribution in [0.3, 0.4) is 0 Å². The summed E-state index contributed by atoms with van der Waals surface area (Å²) in [7, 11) is 0. The molecule has 19 heavy (non-hydrogen) atoms. The Bertz CT molecular complexity index is 541. The Morgan fingerprint density at radius 3 is 2.74 bits per heavy atom. The molecule has 0 heterocycles. The molecule has 1 aromatic carbocycles. The first-order valence-corrected chi connectivity index (χ1v) is 5.87. The molecular formula is C14H17N3O2. The zero-order chi connectivity index (χ0) is 14.3. The minimum absolute atomic E-state index is 0.0481. The van der Waals surface area contributed by atoms with Gasteiger partial charge in [0.05, 0.1) is 13.1 Å². The van der Waals surface area contributed by atoms with Gasteiger partial charge in [-0.1, -0.05) is 17.9 Å². The summed E-state index contributed by atoms with van der Waals surface area (Å²) in [5.74, 6) is 5.14. The number of hydrogen-bond acceptors (Lipinski definition) is 3. The lowest BCUT2D eigenvalue weighted by Crippen LogP contribution is -2.31. The van der Waals surface area contributed by atoms with Gasteiger partial charge in [0.25, 0.3) is 0 Å². The summed E-state index contributed by atoms with van der Waals surface area (Å²) in [4.78, 5) is 22.3. The number of carbonyl (C=O) groups excluding carboxylic acids is 2. The lowest BCUT2D eigenvalue weighted by atomic mass is 10.1. The third-order valence-corrected chi connectivity index (χ3v) is 2.34. The number of carbonyl (C=O) groups is 2. The van der Waals surface area contributed by atoms with Crippen molar-refractivity contribution in [3.63, 3.8) is 0 Å². The summed E-state index contributed by atoms with van der Waals surface area (Å²) >= 11 is 0. The van der Waals surface area contributed by atoms with Crippen LogP contribution in [-0.4, -0.2) is 24.9 Å². The second-order valence-electron chi connectivity index (χ2n) is 3.99. The van der Waals surface area contributed by atoms with Crippen molar-refractivity contribution in [3.8, 4) is 11.8 Å². The van der Waals surface area contributed by atoms with Crippen LogP contribution in [0.25, 0.3) is 0 Å². The highest BCUT2D eigenvalue weighted by Crippen LogP contribution is 2.16. The van der Waals surface area contributed by atoms with Gasteiger partial charge in [0.2, 0.25) is 11.8 Å². The van der Waals surface area contributed by atoms with Crippen LogP contribution >= 0.6 is 0 Å². The van der Waals surface area contributed by atoms with Gasteiger partial charge in [0, 0.05) is 18.2 Å². The summed E-state index contributed by atoms with van der Waals surface area (Å²) < 4.78 is 0.